The topological polar surface area (TPSA) is 0 Å². The van der Waals surface area contributed by atoms with Crippen LogP contribution in [0.1, 0.15) is 0 Å². The summed E-state index contributed by atoms with van der Waals surface area (Å²) in [5.74, 6) is 0. The third-order valence-electron chi connectivity index (χ3n) is 9.20. The van der Waals surface area contributed by atoms with E-state index in [0.29, 0.717) is 0 Å². The first kappa shape index (κ1) is 24.8. The van der Waals surface area contributed by atoms with Gasteiger partial charge in [-0.05, 0) is 112 Å². The molecule has 0 aliphatic rings. The lowest BCUT2D eigenvalue weighted by Gasteiger charge is -2.16. The summed E-state index contributed by atoms with van der Waals surface area (Å²) < 4.78 is 0. The number of fused-ring (bicyclic) bond motifs is 7. The lowest BCUT2D eigenvalue weighted by atomic mass is 9.87. The number of benzene rings is 9. The Balaban J connectivity index is 1.26. The average Bonchev–Trinajstić information content (AvgIpc) is 3.10. The average molecular weight is 557 g/mol. The van der Waals surface area contributed by atoms with Crippen LogP contribution < -0.4 is 0 Å². The highest BCUT2D eigenvalue weighted by molar-refractivity contribution is 6.25. The van der Waals surface area contributed by atoms with Gasteiger partial charge in [-0.3, -0.25) is 0 Å². The van der Waals surface area contributed by atoms with Crippen molar-refractivity contribution in [2.45, 2.75) is 0 Å². The maximum absolute atomic E-state index is 2.40. The minimum Gasteiger partial charge on any atom is -0.0622 e. The first-order valence-corrected chi connectivity index (χ1v) is 15.3. The van der Waals surface area contributed by atoms with E-state index in [4.69, 9.17) is 0 Å². The van der Waals surface area contributed by atoms with Gasteiger partial charge in [0, 0.05) is 0 Å². The van der Waals surface area contributed by atoms with Gasteiger partial charge in [-0.1, -0.05) is 146 Å². The van der Waals surface area contributed by atoms with Crippen molar-refractivity contribution in [3.8, 4) is 33.4 Å². The Hall–Kier alpha value is -5.72. The molecule has 0 aliphatic heterocycles. The van der Waals surface area contributed by atoms with Crippen molar-refractivity contribution in [3.05, 3.63) is 170 Å². The summed E-state index contributed by atoms with van der Waals surface area (Å²) in [6.45, 7) is 0. The molecule has 204 valence electrons. The SMILES string of the molecule is c1ccc(-c2cc3cc(-c4ccc5cc(-c6cccc7ccccc67)ccc5c4)c4ccccc4c3c3ccccc23)cc1. The van der Waals surface area contributed by atoms with E-state index in [1.54, 1.807) is 0 Å². The van der Waals surface area contributed by atoms with Crippen LogP contribution in [0, 0.1) is 0 Å². The smallest absolute Gasteiger partial charge is 0.00259 e. The fraction of sp³-hybridized carbons (Fsp3) is 0. The summed E-state index contributed by atoms with van der Waals surface area (Å²) >= 11 is 0. The van der Waals surface area contributed by atoms with Crippen LogP contribution in [0.3, 0.4) is 0 Å². The van der Waals surface area contributed by atoms with E-state index in [1.165, 1.54) is 87.2 Å². The van der Waals surface area contributed by atoms with Crippen LogP contribution in [0.15, 0.2) is 170 Å². The number of hydrogen-bond donors (Lipinski definition) is 0. The van der Waals surface area contributed by atoms with Crippen LogP contribution in [-0.2, 0) is 0 Å². The van der Waals surface area contributed by atoms with Crippen molar-refractivity contribution < 1.29 is 0 Å². The molecule has 44 heavy (non-hydrogen) atoms. The molecule has 0 aromatic heterocycles. The van der Waals surface area contributed by atoms with E-state index in [2.05, 4.69) is 170 Å². The Morgan fingerprint density at radius 2 is 0.727 bits per heavy atom. The molecule has 9 aromatic carbocycles. The predicted molar refractivity (Wildman–Crippen MR) is 190 cm³/mol. The summed E-state index contributed by atoms with van der Waals surface area (Å²) in [4.78, 5) is 0. The molecule has 0 radical (unpaired) electrons. The Morgan fingerprint density at radius 1 is 0.227 bits per heavy atom. The molecular weight excluding hydrogens is 528 g/mol. The second kappa shape index (κ2) is 9.93. The monoisotopic (exact) mass is 556 g/mol. The standard InChI is InChI=1S/C44H28/c1-2-11-30(12-3-1)42-27-35-28-43(39-17-7-9-19-41(39)44(35)40-18-8-6-16-38(40)42)34-24-22-31-25-33(23-21-32(31)26-34)37-20-10-14-29-13-4-5-15-36(29)37/h1-28H. The first-order chi connectivity index (χ1) is 21.8. The fourth-order valence-electron chi connectivity index (χ4n) is 7.13. The molecule has 0 heterocycles. The van der Waals surface area contributed by atoms with Crippen molar-refractivity contribution in [2.75, 3.05) is 0 Å². The minimum atomic E-state index is 1.24. The zero-order chi connectivity index (χ0) is 29.0. The maximum atomic E-state index is 2.40. The summed E-state index contributed by atoms with van der Waals surface area (Å²) in [6.07, 6.45) is 0. The molecule has 0 saturated heterocycles. The molecule has 0 aliphatic carbocycles. The minimum absolute atomic E-state index is 1.24. The molecule has 0 unspecified atom stereocenters. The second-order valence-electron chi connectivity index (χ2n) is 11.7. The molecule has 0 amide bonds. The molecule has 0 atom stereocenters. The molecule has 0 nitrogen and oxygen atoms in total. The van der Waals surface area contributed by atoms with Gasteiger partial charge >= 0.3 is 0 Å². The molecule has 9 rings (SSSR count). The fourth-order valence-corrected chi connectivity index (χ4v) is 7.13. The van der Waals surface area contributed by atoms with Gasteiger partial charge in [-0.25, -0.2) is 0 Å². The van der Waals surface area contributed by atoms with E-state index in [-0.39, 0.29) is 0 Å². The highest BCUT2D eigenvalue weighted by Gasteiger charge is 2.15. The molecule has 0 saturated carbocycles. The van der Waals surface area contributed by atoms with Crippen molar-refractivity contribution in [3.63, 3.8) is 0 Å². The summed E-state index contributed by atoms with van der Waals surface area (Å²) in [6, 6.07) is 62.3. The van der Waals surface area contributed by atoms with E-state index >= 15 is 0 Å². The number of rotatable bonds is 3. The van der Waals surface area contributed by atoms with Gasteiger partial charge in [0.25, 0.3) is 0 Å². The van der Waals surface area contributed by atoms with Gasteiger partial charge in [0.15, 0.2) is 0 Å². The third-order valence-corrected chi connectivity index (χ3v) is 9.20. The normalized spacial score (nSPS) is 11.6. The Kier molecular flexibility index (Phi) is 5.61. The lowest BCUT2D eigenvalue weighted by Crippen LogP contribution is -1.89. The van der Waals surface area contributed by atoms with Crippen LogP contribution in [0.25, 0.3) is 87.2 Å². The largest absolute Gasteiger partial charge is 0.0622 e. The van der Waals surface area contributed by atoms with Crippen molar-refractivity contribution in [1.82, 2.24) is 0 Å². The highest BCUT2D eigenvalue weighted by Crippen LogP contribution is 2.42. The van der Waals surface area contributed by atoms with Crippen LogP contribution in [0.5, 0.6) is 0 Å². The van der Waals surface area contributed by atoms with Crippen molar-refractivity contribution >= 4 is 53.9 Å². The predicted octanol–water partition coefficient (Wildman–Crippen LogP) is 12.5. The molecule has 0 fully saturated rings. The quantitative estimate of drug-likeness (QED) is 0.190. The molecule has 0 heteroatoms. The molecular formula is C44H28. The first-order valence-electron chi connectivity index (χ1n) is 15.3. The summed E-state index contributed by atoms with van der Waals surface area (Å²) in [7, 11) is 0. The van der Waals surface area contributed by atoms with Gasteiger partial charge in [0.2, 0.25) is 0 Å². The van der Waals surface area contributed by atoms with Gasteiger partial charge in [0.1, 0.15) is 0 Å². The Morgan fingerprint density at radius 3 is 1.39 bits per heavy atom. The van der Waals surface area contributed by atoms with Crippen molar-refractivity contribution in [2.24, 2.45) is 0 Å². The van der Waals surface area contributed by atoms with E-state index < -0.39 is 0 Å². The van der Waals surface area contributed by atoms with E-state index in [0.717, 1.165) is 0 Å². The Labute approximate surface area is 256 Å². The second-order valence-corrected chi connectivity index (χ2v) is 11.7. The van der Waals surface area contributed by atoms with Crippen LogP contribution in [-0.4, -0.2) is 0 Å². The van der Waals surface area contributed by atoms with Crippen LogP contribution in [0.4, 0.5) is 0 Å². The lowest BCUT2D eigenvalue weighted by molar-refractivity contribution is 1.66. The van der Waals surface area contributed by atoms with Gasteiger partial charge in [0.05, 0.1) is 0 Å². The van der Waals surface area contributed by atoms with Gasteiger partial charge < -0.3 is 0 Å². The summed E-state index contributed by atoms with van der Waals surface area (Å²) in [5, 5.41) is 12.8. The highest BCUT2D eigenvalue weighted by atomic mass is 14.2. The molecule has 0 bridgehead atoms. The van der Waals surface area contributed by atoms with Crippen LogP contribution in [0.2, 0.25) is 0 Å². The zero-order valence-electron chi connectivity index (χ0n) is 24.2. The number of hydrogen-bond acceptors (Lipinski definition) is 0. The summed E-state index contributed by atoms with van der Waals surface area (Å²) in [5.41, 5.74) is 7.54. The molecule has 0 spiro atoms. The molecule has 9 aromatic rings. The van der Waals surface area contributed by atoms with Crippen molar-refractivity contribution in [1.29, 1.82) is 0 Å². The molecule has 0 N–H and O–H groups in total. The van der Waals surface area contributed by atoms with E-state index in [9.17, 15) is 0 Å². The Bertz CT molecular complexity index is 2530. The zero-order valence-corrected chi connectivity index (χ0v) is 24.2. The van der Waals surface area contributed by atoms with Crippen LogP contribution >= 0.6 is 0 Å². The maximum Gasteiger partial charge on any atom is -0.00259 e. The third kappa shape index (κ3) is 3.92. The van der Waals surface area contributed by atoms with Gasteiger partial charge in [-0.15, -0.1) is 0 Å². The van der Waals surface area contributed by atoms with E-state index in [1.807, 2.05) is 0 Å². The van der Waals surface area contributed by atoms with Gasteiger partial charge in [-0.2, -0.15) is 0 Å².